The largest absolute Gasteiger partial charge is 0.496 e. The van der Waals surface area contributed by atoms with E-state index >= 15 is 0 Å². The second-order valence-electron chi connectivity index (χ2n) is 5.09. The van der Waals surface area contributed by atoms with E-state index in [1.807, 2.05) is 12.1 Å². The van der Waals surface area contributed by atoms with Crippen LogP contribution in [0.15, 0.2) is 16.6 Å². The zero-order valence-electron chi connectivity index (χ0n) is 11.5. The molecule has 0 aliphatic heterocycles. The molecule has 0 bridgehead atoms. The molecule has 0 unspecified atom stereocenters. The number of rotatable bonds is 2. The fraction of sp³-hybridized carbons (Fsp3) is 0.400. The summed E-state index contributed by atoms with van der Waals surface area (Å²) in [6.45, 7) is 0. The smallest absolute Gasteiger partial charge is 0.130 e. The molecule has 1 aromatic heterocycles. The number of methoxy groups -OCH3 is 1. The summed E-state index contributed by atoms with van der Waals surface area (Å²) >= 11 is 3.58. The third kappa shape index (κ3) is 2.15. The maximum Gasteiger partial charge on any atom is 0.130 e. The molecule has 4 nitrogen and oxygen atoms in total. The van der Waals surface area contributed by atoms with Crippen molar-refractivity contribution >= 4 is 32.5 Å². The van der Waals surface area contributed by atoms with Gasteiger partial charge in [0.2, 0.25) is 0 Å². The standard InChI is InChI=1S/C15H18BrN3O/c1-20-12-8-7-10(16)15-13(12)14(19-17)9-5-3-2-4-6-11(9)18-15/h7-8H,2-6,17H2,1H3,(H,18,19). The van der Waals surface area contributed by atoms with Gasteiger partial charge in [0.25, 0.3) is 0 Å². The summed E-state index contributed by atoms with van der Waals surface area (Å²) < 4.78 is 6.46. The van der Waals surface area contributed by atoms with Crippen molar-refractivity contribution in [3.63, 3.8) is 0 Å². The highest BCUT2D eigenvalue weighted by molar-refractivity contribution is 9.10. The van der Waals surface area contributed by atoms with Crippen molar-refractivity contribution in [1.82, 2.24) is 4.98 Å². The Balaban J connectivity index is 2.39. The van der Waals surface area contributed by atoms with Crippen LogP contribution in [0.4, 0.5) is 5.69 Å². The Morgan fingerprint density at radius 3 is 2.80 bits per heavy atom. The molecule has 0 amide bonds. The minimum atomic E-state index is 0.802. The van der Waals surface area contributed by atoms with E-state index in [2.05, 4.69) is 21.4 Å². The molecule has 0 saturated heterocycles. The highest BCUT2D eigenvalue weighted by Gasteiger charge is 2.20. The van der Waals surface area contributed by atoms with Gasteiger partial charge < -0.3 is 10.2 Å². The van der Waals surface area contributed by atoms with Crippen molar-refractivity contribution in [3.8, 4) is 5.75 Å². The molecule has 0 saturated carbocycles. The molecule has 0 fully saturated rings. The Morgan fingerprint density at radius 1 is 1.25 bits per heavy atom. The van der Waals surface area contributed by atoms with Gasteiger partial charge in [0, 0.05) is 10.2 Å². The first-order chi connectivity index (χ1) is 9.76. The molecular weight excluding hydrogens is 318 g/mol. The quantitative estimate of drug-likeness (QED) is 0.500. The molecule has 1 aliphatic carbocycles. The van der Waals surface area contributed by atoms with Gasteiger partial charge in [-0.25, -0.2) is 0 Å². The van der Waals surface area contributed by atoms with Crippen LogP contribution in [0.25, 0.3) is 10.9 Å². The zero-order chi connectivity index (χ0) is 14.1. The van der Waals surface area contributed by atoms with E-state index in [1.54, 1.807) is 7.11 Å². The number of aromatic nitrogens is 1. The number of anilines is 1. The van der Waals surface area contributed by atoms with Crippen LogP contribution in [0.5, 0.6) is 5.75 Å². The van der Waals surface area contributed by atoms with Crippen LogP contribution in [0, 0.1) is 0 Å². The van der Waals surface area contributed by atoms with E-state index in [0.717, 1.165) is 45.3 Å². The normalized spacial score (nSPS) is 14.8. The maximum atomic E-state index is 5.82. The van der Waals surface area contributed by atoms with Gasteiger partial charge >= 0.3 is 0 Å². The molecule has 0 atom stereocenters. The lowest BCUT2D eigenvalue weighted by atomic mass is 10.0. The second kappa shape index (κ2) is 5.58. The third-order valence-corrected chi connectivity index (χ3v) is 4.58. The van der Waals surface area contributed by atoms with Gasteiger partial charge in [-0.05, 0) is 59.3 Å². The van der Waals surface area contributed by atoms with Crippen LogP contribution in [0.1, 0.15) is 30.5 Å². The summed E-state index contributed by atoms with van der Waals surface area (Å²) in [7, 11) is 1.68. The number of nitrogens with two attached hydrogens (primary N) is 1. The Morgan fingerprint density at radius 2 is 2.05 bits per heavy atom. The molecule has 20 heavy (non-hydrogen) atoms. The summed E-state index contributed by atoms with van der Waals surface area (Å²) in [5.41, 5.74) is 7.17. The number of nitrogens with one attached hydrogen (secondary N) is 1. The number of aryl methyl sites for hydroxylation is 1. The molecular formula is C15H18BrN3O. The highest BCUT2D eigenvalue weighted by Crippen LogP contribution is 2.39. The Hall–Kier alpha value is -1.33. The van der Waals surface area contributed by atoms with Gasteiger partial charge in [-0.3, -0.25) is 10.8 Å². The van der Waals surface area contributed by atoms with Gasteiger partial charge in [-0.1, -0.05) is 6.42 Å². The van der Waals surface area contributed by atoms with Gasteiger partial charge in [0.05, 0.1) is 23.7 Å². The predicted octanol–water partition coefficient (Wildman–Crippen LogP) is 3.56. The van der Waals surface area contributed by atoms with Crippen LogP contribution >= 0.6 is 15.9 Å². The highest BCUT2D eigenvalue weighted by atomic mass is 79.9. The summed E-state index contributed by atoms with van der Waals surface area (Å²) in [4.78, 5) is 4.87. The molecule has 5 heteroatoms. The predicted molar refractivity (Wildman–Crippen MR) is 85.1 cm³/mol. The number of hydrogen-bond donors (Lipinski definition) is 2. The topological polar surface area (TPSA) is 60.2 Å². The minimum absolute atomic E-state index is 0.802. The summed E-state index contributed by atoms with van der Waals surface area (Å²) in [5, 5.41) is 0.963. The first-order valence-electron chi connectivity index (χ1n) is 6.91. The van der Waals surface area contributed by atoms with Gasteiger partial charge in [-0.15, -0.1) is 0 Å². The lowest BCUT2D eigenvalue weighted by Crippen LogP contribution is -2.13. The minimum Gasteiger partial charge on any atom is -0.496 e. The number of pyridine rings is 1. The summed E-state index contributed by atoms with van der Waals surface area (Å²) in [6, 6.07) is 3.91. The van der Waals surface area contributed by atoms with E-state index in [4.69, 9.17) is 15.6 Å². The molecule has 106 valence electrons. The zero-order valence-corrected chi connectivity index (χ0v) is 13.1. The monoisotopic (exact) mass is 335 g/mol. The molecule has 0 radical (unpaired) electrons. The average Bonchev–Trinajstić information content (AvgIpc) is 2.71. The number of ether oxygens (including phenoxy) is 1. The molecule has 1 aliphatic rings. The molecule has 1 aromatic carbocycles. The van der Waals surface area contributed by atoms with Crippen LogP contribution in [0.3, 0.4) is 0 Å². The van der Waals surface area contributed by atoms with Crippen LogP contribution < -0.4 is 16.0 Å². The maximum absolute atomic E-state index is 5.82. The van der Waals surface area contributed by atoms with E-state index in [0.29, 0.717) is 0 Å². The van der Waals surface area contributed by atoms with Gasteiger partial charge in [0.1, 0.15) is 5.75 Å². The van der Waals surface area contributed by atoms with Crippen LogP contribution in [-0.4, -0.2) is 12.1 Å². The van der Waals surface area contributed by atoms with Crippen molar-refractivity contribution in [3.05, 3.63) is 27.9 Å². The second-order valence-corrected chi connectivity index (χ2v) is 5.94. The van der Waals surface area contributed by atoms with Crippen LogP contribution in [0.2, 0.25) is 0 Å². The molecule has 2 aromatic rings. The van der Waals surface area contributed by atoms with E-state index < -0.39 is 0 Å². The number of benzene rings is 1. The molecule has 3 N–H and O–H groups in total. The number of nitrogen functional groups attached to an aromatic ring is 1. The molecule has 1 heterocycles. The van der Waals surface area contributed by atoms with E-state index in [1.165, 1.54) is 24.8 Å². The van der Waals surface area contributed by atoms with E-state index in [-0.39, 0.29) is 0 Å². The number of hydrazine groups is 1. The summed E-state index contributed by atoms with van der Waals surface area (Å²) in [5.74, 6) is 6.62. The van der Waals surface area contributed by atoms with Gasteiger partial charge in [-0.2, -0.15) is 0 Å². The number of hydrogen-bond acceptors (Lipinski definition) is 4. The number of nitrogens with zero attached hydrogens (tertiary/aromatic N) is 1. The van der Waals surface area contributed by atoms with Gasteiger partial charge in [0.15, 0.2) is 0 Å². The lowest BCUT2D eigenvalue weighted by molar-refractivity contribution is 0.420. The molecule has 3 rings (SSSR count). The Labute approximate surface area is 126 Å². The first kappa shape index (κ1) is 13.6. The molecule has 0 spiro atoms. The summed E-state index contributed by atoms with van der Waals surface area (Å²) in [6.07, 6.45) is 5.66. The lowest BCUT2D eigenvalue weighted by Gasteiger charge is -2.17. The third-order valence-electron chi connectivity index (χ3n) is 3.94. The van der Waals surface area contributed by atoms with Crippen molar-refractivity contribution in [1.29, 1.82) is 0 Å². The first-order valence-corrected chi connectivity index (χ1v) is 7.70. The van der Waals surface area contributed by atoms with Crippen molar-refractivity contribution in [2.24, 2.45) is 5.84 Å². The Kier molecular flexibility index (Phi) is 3.81. The number of halogens is 1. The van der Waals surface area contributed by atoms with Crippen molar-refractivity contribution in [2.75, 3.05) is 12.5 Å². The van der Waals surface area contributed by atoms with Crippen molar-refractivity contribution < 1.29 is 4.74 Å². The van der Waals surface area contributed by atoms with Crippen molar-refractivity contribution in [2.45, 2.75) is 32.1 Å². The fourth-order valence-electron chi connectivity index (χ4n) is 2.97. The van der Waals surface area contributed by atoms with Crippen LogP contribution in [-0.2, 0) is 12.8 Å². The number of fused-ring (bicyclic) bond motifs is 2. The Bertz CT molecular complexity index is 657. The SMILES string of the molecule is COc1ccc(Br)c2nc3c(c(NN)c12)CCCCC3. The fourth-order valence-corrected chi connectivity index (χ4v) is 3.39. The average molecular weight is 336 g/mol. The van der Waals surface area contributed by atoms with E-state index in [9.17, 15) is 0 Å².